The van der Waals surface area contributed by atoms with Gasteiger partial charge >= 0.3 is 0 Å². The molecule has 0 atom stereocenters. The van der Waals surface area contributed by atoms with Crippen molar-refractivity contribution in [2.24, 2.45) is 0 Å². The second-order valence-electron chi connectivity index (χ2n) is 2.80. The number of rotatable bonds is 1. The first-order valence-corrected chi connectivity index (χ1v) is 5.17. The van der Waals surface area contributed by atoms with E-state index in [1.807, 2.05) is 6.20 Å². The van der Waals surface area contributed by atoms with Gasteiger partial charge in [0.05, 0.1) is 0 Å². The summed E-state index contributed by atoms with van der Waals surface area (Å²) in [6, 6.07) is 2.10. The predicted molar refractivity (Wildman–Crippen MR) is 51.6 cm³/mol. The number of aromatic nitrogens is 1. The van der Waals surface area contributed by atoms with Gasteiger partial charge in [-0.1, -0.05) is 0 Å². The van der Waals surface area contributed by atoms with E-state index in [9.17, 15) is 0 Å². The van der Waals surface area contributed by atoms with Gasteiger partial charge in [-0.3, -0.25) is 0 Å². The van der Waals surface area contributed by atoms with Crippen LogP contribution in [0.15, 0.2) is 21.3 Å². The van der Waals surface area contributed by atoms with Gasteiger partial charge in [0, 0.05) is 10.7 Å². The molecule has 1 aliphatic carbocycles. The van der Waals surface area contributed by atoms with Crippen LogP contribution in [0.5, 0.6) is 0 Å². The van der Waals surface area contributed by atoms with E-state index < -0.39 is 0 Å². The Morgan fingerprint density at radius 3 is 2.73 bits per heavy atom. The summed E-state index contributed by atoms with van der Waals surface area (Å²) in [5.41, 5.74) is 1.40. The van der Waals surface area contributed by atoms with Crippen LogP contribution in [-0.4, -0.2) is 4.98 Å². The summed E-state index contributed by atoms with van der Waals surface area (Å²) < 4.78 is 2.07. The maximum Gasteiger partial charge on any atom is 0.106 e. The maximum atomic E-state index is 4.12. The largest absolute Gasteiger partial charge is 0.248 e. The summed E-state index contributed by atoms with van der Waals surface area (Å²) in [5, 5.41) is 0. The molecule has 0 radical (unpaired) electrons. The molecular formula is C8H7Br2N. The lowest BCUT2D eigenvalue weighted by atomic mass is 10.2. The average Bonchev–Trinajstić information content (AvgIpc) is 2.76. The molecule has 2 rings (SSSR count). The molecule has 11 heavy (non-hydrogen) atoms. The lowest BCUT2D eigenvalue weighted by molar-refractivity contribution is 1.08. The number of halogens is 2. The normalized spacial score (nSPS) is 16.9. The molecule has 1 saturated carbocycles. The Morgan fingerprint density at radius 1 is 1.36 bits per heavy atom. The van der Waals surface area contributed by atoms with Crippen LogP contribution in [0, 0.1) is 0 Å². The molecule has 0 N–H and O–H groups in total. The first-order valence-electron chi connectivity index (χ1n) is 3.58. The lowest BCUT2D eigenvalue weighted by Crippen LogP contribution is -1.84. The second-order valence-corrected chi connectivity index (χ2v) is 4.47. The third-order valence-corrected chi connectivity index (χ3v) is 2.97. The van der Waals surface area contributed by atoms with Crippen molar-refractivity contribution in [3.63, 3.8) is 0 Å². The maximum absolute atomic E-state index is 4.12. The molecule has 1 nitrogen and oxygen atoms in total. The fourth-order valence-corrected chi connectivity index (χ4v) is 2.02. The molecule has 58 valence electrons. The zero-order chi connectivity index (χ0) is 7.84. The van der Waals surface area contributed by atoms with Gasteiger partial charge in [-0.25, -0.2) is 4.98 Å². The van der Waals surface area contributed by atoms with Crippen molar-refractivity contribution in [2.75, 3.05) is 0 Å². The smallest absolute Gasteiger partial charge is 0.106 e. The Bertz CT molecular complexity index is 281. The van der Waals surface area contributed by atoms with Crippen LogP contribution in [0.2, 0.25) is 0 Å². The van der Waals surface area contributed by atoms with Gasteiger partial charge in [0.2, 0.25) is 0 Å². The van der Waals surface area contributed by atoms with Crippen molar-refractivity contribution in [3.8, 4) is 0 Å². The highest BCUT2D eigenvalue weighted by Gasteiger charge is 2.25. The Hall–Kier alpha value is 0.110. The first-order chi connectivity index (χ1) is 5.27. The van der Waals surface area contributed by atoms with Crippen molar-refractivity contribution >= 4 is 31.9 Å². The minimum Gasteiger partial charge on any atom is -0.248 e. The fraction of sp³-hybridized carbons (Fsp3) is 0.375. The van der Waals surface area contributed by atoms with E-state index in [2.05, 4.69) is 42.9 Å². The number of hydrogen-bond acceptors (Lipinski definition) is 1. The molecule has 0 amide bonds. The topological polar surface area (TPSA) is 12.9 Å². The molecule has 3 heteroatoms. The number of hydrogen-bond donors (Lipinski definition) is 0. The molecule has 1 aliphatic rings. The minimum atomic E-state index is 0.781. The summed E-state index contributed by atoms with van der Waals surface area (Å²) in [7, 11) is 0. The van der Waals surface area contributed by atoms with E-state index in [1.165, 1.54) is 18.4 Å². The Balaban J connectivity index is 2.42. The van der Waals surface area contributed by atoms with Crippen LogP contribution < -0.4 is 0 Å². The van der Waals surface area contributed by atoms with Crippen molar-refractivity contribution in [1.82, 2.24) is 4.98 Å². The van der Waals surface area contributed by atoms with Gasteiger partial charge in [0.1, 0.15) is 4.60 Å². The Labute approximate surface area is 82.5 Å². The van der Waals surface area contributed by atoms with Crippen molar-refractivity contribution in [3.05, 3.63) is 26.9 Å². The van der Waals surface area contributed by atoms with E-state index in [0.717, 1.165) is 15.0 Å². The molecule has 1 aromatic rings. The van der Waals surface area contributed by atoms with Crippen LogP contribution in [0.1, 0.15) is 24.3 Å². The number of nitrogens with zero attached hydrogens (tertiary/aromatic N) is 1. The fourth-order valence-electron chi connectivity index (χ4n) is 1.13. The van der Waals surface area contributed by atoms with Crippen LogP contribution >= 0.6 is 31.9 Å². The predicted octanol–water partition coefficient (Wildman–Crippen LogP) is 3.48. The molecule has 0 unspecified atom stereocenters. The number of pyridine rings is 1. The highest BCUT2D eigenvalue weighted by Crippen LogP contribution is 2.43. The molecule has 1 aromatic heterocycles. The van der Waals surface area contributed by atoms with Crippen LogP contribution in [0.4, 0.5) is 0 Å². The molecule has 1 fully saturated rings. The molecule has 0 bridgehead atoms. The first kappa shape index (κ1) is 7.74. The summed E-state index contributed by atoms with van der Waals surface area (Å²) in [4.78, 5) is 4.12. The second kappa shape index (κ2) is 2.87. The van der Waals surface area contributed by atoms with Crippen molar-refractivity contribution in [1.29, 1.82) is 0 Å². The van der Waals surface area contributed by atoms with E-state index in [0.29, 0.717) is 0 Å². The SMILES string of the molecule is Brc1cc(C2CC2)c(Br)cn1. The molecule has 0 aromatic carbocycles. The lowest BCUT2D eigenvalue weighted by Gasteiger charge is -2.00. The van der Waals surface area contributed by atoms with Gasteiger partial charge in [-0.2, -0.15) is 0 Å². The zero-order valence-corrected chi connectivity index (χ0v) is 9.02. The third-order valence-electron chi connectivity index (χ3n) is 1.87. The van der Waals surface area contributed by atoms with E-state index >= 15 is 0 Å². The van der Waals surface area contributed by atoms with Gasteiger partial charge in [-0.15, -0.1) is 0 Å². The molecule has 0 spiro atoms. The van der Waals surface area contributed by atoms with Crippen molar-refractivity contribution < 1.29 is 0 Å². The standard InChI is InChI=1S/C8H7Br2N/c9-7-4-11-8(10)3-6(7)5-1-2-5/h3-5H,1-2H2. The quantitative estimate of drug-likeness (QED) is 0.716. The Kier molecular flexibility index (Phi) is 2.02. The summed E-state index contributed by atoms with van der Waals surface area (Å²) in [6.07, 6.45) is 4.52. The van der Waals surface area contributed by atoms with E-state index in [-0.39, 0.29) is 0 Å². The van der Waals surface area contributed by atoms with Gasteiger partial charge in [0.25, 0.3) is 0 Å². The van der Waals surface area contributed by atoms with Gasteiger partial charge in [0.15, 0.2) is 0 Å². The zero-order valence-electron chi connectivity index (χ0n) is 5.85. The summed E-state index contributed by atoms with van der Waals surface area (Å²) in [6.45, 7) is 0. The average molecular weight is 277 g/mol. The monoisotopic (exact) mass is 275 g/mol. The molecule has 0 saturated heterocycles. The molecule has 1 heterocycles. The molecule has 0 aliphatic heterocycles. The Morgan fingerprint density at radius 2 is 2.09 bits per heavy atom. The van der Waals surface area contributed by atoms with E-state index in [1.54, 1.807) is 0 Å². The molecular weight excluding hydrogens is 270 g/mol. The summed E-state index contributed by atoms with van der Waals surface area (Å²) in [5.74, 6) is 0.781. The minimum absolute atomic E-state index is 0.781. The van der Waals surface area contributed by atoms with Crippen molar-refractivity contribution in [2.45, 2.75) is 18.8 Å². The van der Waals surface area contributed by atoms with Gasteiger partial charge in [-0.05, 0) is 62.2 Å². The van der Waals surface area contributed by atoms with Crippen LogP contribution in [0.3, 0.4) is 0 Å². The van der Waals surface area contributed by atoms with Crippen LogP contribution in [0.25, 0.3) is 0 Å². The van der Waals surface area contributed by atoms with Gasteiger partial charge < -0.3 is 0 Å². The highest BCUT2D eigenvalue weighted by molar-refractivity contribution is 9.11. The summed E-state index contributed by atoms with van der Waals surface area (Å²) >= 11 is 6.85. The third kappa shape index (κ3) is 1.64. The van der Waals surface area contributed by atoms with Crippen LogP contribution in [-0.2, 0) is 0 Å². The highest BCUT2D eigenvalue weighted by atomic mass is 79.9. The van der Waals surface area contributed by atoms with E-state index in [4.69, 9.17) is 0 Å².